The Bertz CT molecular complexity index is 865. The fourth-order valence-electron chi connectivity index (χ4n) is 2.56. The standard InChI is InChI=1S/C17H15N3O5/c1-11(21)19-17(12-7-3-5-9-14(12)20(22)23)25-16(18-19)13-8-4-6-10-15(13)24-2/h3-10,17H,1-2H3/t17-/m1/s1. The molecule has 0 spiro atoms. The molecule has 0 saturated carbocycles. The highest BCUT2D eigenvalue weighted by Gasteiger charge is 2.37. The summed E-state index contributed by atoms with van der Waals surface area (Å²) in [5, 5.41) is 16.6. The van der Waals surface area contributed by atoms with Crippen LogP contribution in [0.5, 0.6) is 5.75 Å². The van der Waals surface area contributed by atoms with Gasteiger partial charge in [-0.05, 0) is 18.2 Å². The molecule has 0 aliphatic carbocycles. The molecule has 0 aromatic heterocycles. The molecule has 1 aliphatic heterocycles. The van der Waals surface area contributed by atoms with Gasteiger partial charge in [0.15, 0.2) is 0 Å². The minimum absolute atomic E-state index is 0.143. The highest BCUT2D eigenvalue weighted by molar-refractivity contribution is 5.98. The predicted octanol–water partition coefficient (Wildman–Crippen LogP) is 2.84. The molecule has 0 fully saturated rings. The van der Waals surface area contributed by atoms with Gasteiger partial charge in [-0.25, -0.2) is 0 Å². The lowest BCUT2D eigenvalue weighted by Crippen LogP contribution is -2.25. The van der Waals surface area contributed by atoms with Crippen molar-refractivity contribution in [3.05, 3.63) is 69.8 Å². The Balaban J connectivity index is 2.04. The summed E-state index contributed by atoms with van der Waals surface area (Å²) in [6.45, 7) is 1.32. The minimum Gasteiger partial charge on any atom is -0.496 e. The fraction of sp³-hybridized carbons (Fsp3) is 0.176. The van der Waals surface area contributed by atoms with Crippen LogP contribution in [0.25, 0.3) is 0 Å². The van der Waals surface area contributed by atoms with E-state index in [1.54, 1.807) is 42.5 Å². The van der Waals surface area contributed by atoms with Gasteiger partial charge >= 0.3 is 0 Å². The van der Waals surface area contributed by atoms with E-state index in [9.17, 15) is 14.9 Å². The van der Waals surface area contributed by atoms with Gasteiger partial charge < -0.3 is 9.47 Å². The number of hydrazone groups is 1. The van der Waals surface area contributed by atoms with Crippen LogP contribution in [0.3, 0.4) is 0 Å². The quantitative estimate of drug-likeness (QED) is 0.629. The maximum absolute atomic E-state index is 12.0. The van der Waals surface area contributed by atoms with Gasteiger partial charge in [0.2, 0.25) is 18.0 Å². The molecule has 0 unspecified atom stereocenters. The third-order valence-corrected chi connectivity index (χ3v) is 3.70. The second kappa shape index (κ2) is 6.60. The molecular weight excluding hydrogens is 326 g/mol. The van der Waals surface area contributed by atoms with Crippen LogP contribution in [0.2, 0.25) is 0 Å². The lowest BCUT2D eigenvalue weighted by atomic mass is 10.1. The van der Waals surface area contributed by atoms with E-state index >= 15 is 0 Å². The normalized spacial score (nSPS) is 16.2. The Morgan fingerprint density at radius 3 is 2.60 bits per heavy atom. The number of methoxy groups -OCH3 is 1. The largest absolute Gasteiger partial charge is 0.496 e. The van der Waals surface area contributed by atoms with Crippen LogP contribution in [0.15, 0.2) is 53.6 Å². The molecule has 1 aliphatic rings. The van der Waals surface area contributed by atoms with E-state index in [0.717, 1.165) is 5.01 Å². The molecule has 0 saturated heterocycles. The molecule has 2 aromatic carbocycles. The molecule has 1 heterocycles. The molecule has 0 radical (unpaired) electrons. The zero-order chi connectivity index (χ0) is 18.0. The van der Waals surface area contributed by atoms with Crippen LogP contribution in [-0.2, 0) is 9.53 Å². The Morgan fingerprint density at radius 1 is 1.24 bits per heavy atom. The van der Waals surface area contributed by atoms with Crippen molar-refractivity contribution in [2.24, 2.45) is 5.10 Å². The molecule has 0 N–H and O–H groups in total. The average molecular weight is 341 g/mol. The summed E-state index contributed by atoms with van der Waals surface area (Å²) in [6, 6.07) is 13.1. The predicted molar refractivity (Wildman–Crippen MR) is 89.0 cm³/mol. The van der Waals surface area contributed by atoms with Gasteiger partial charge in [0, 0.05) is 13.0 Å². The number of hydrogen-bond acceptors (Lipinski definition) is 6. The Kier molecular flexibility index (Phi) is 4.34. The van der Waals surface area contributed by atoms with E-state index in [-0.39, 0.29) is 17.1 Å². The van der Waals surface area contributed by atoms with Crippen LogP contribution in [0, 0.1) is 10.1 Å². The summed E-state index contributed by atoms with van der Waals surface area (Å²) in [5.41, 5.74) is 0.656. The molecule has 1 atom stereocenters. The average Bonchev–Trinajstić information content (AvgIpc) is 3.07. The third-order valence-electron chi connectivity index (χ3n) is 3.70. The first-order chi connectivity index (χ1) is 12.0. The Labute approximate surface area is 143 Å². The van der Waals surface area contributed by atoms with Gasteiger partial charge in [0.05, 0.1) is 23.2 Å². The van der Waals surface area contributed by atoms with Crippen LogP contribution < -0.4 is 4.74 Å². The van der Waals surface area contributed by atoms with Gasteiger partial charge in [-0.3, -0.25) is 14.9 Å². The summed E-state index contributed by atoms with van der Waals surface area (Å²) in [6.07, 6.45) is -1.01. The third kappa shape index (κ3) is 3.01. The lowest BCUT2D eigenvalue weighted by Gasteiger charge is -2.19. The van der Waals surface area contributed by atoms with E-state index in [1.807, 2.05) is 0 Å². The zero-order valence-corrected chi connectivity index (χ0v) is 13.6. The van der Waals surface area contributed by atoms with E-state index in [0.29, 0.717) is 11.3 Å². The lowest BCUT2D eigenvalue weighted by molar-refractivity contribution is -0.386. The van der Waals surface area contributed by atoms with Crippen molar-refractivity contribution < 1.29 is 19.2 Å². The van der Waals surface area contributed by atoms with Gasteiger partial charge in [-0.2, -0.15) is 5.01 Å². The van der Waals surface area contributed by atoms with Crippen molar-refractivity contribution in [3.63, 3.8) is 0 Å². The van der Waals surface area contributed by atoms with E-state index in [4.69, 9.17) is 9.47 Å². The number of nitrogens with zero attached hydrogens (tertiary/aromatic N) is 3. The van der Waals surface area contributed by atoms with Gasteiger partial charge in [-0.15, -0.1) is 5.10 Å². The molecule has 128 valence electrons. The molecule has 1 amide bonds. The SMILES string of the molecule is COc1ccccc1C1=NN(C(C)=O)[C@@H](c2ccccc2[N+](=O)[O-])O1. The van der Waals surface area contributed by atoms with Crippen LogP contribution in [0.1, 0.15) is 24.3 Å². The monoisotopic (exact) mass is 341 g/mol. The molecule has 3 rings (SSSR count). The summed E-state index contributed by atoms with van der Waals surface area (Å²) >= 11 is 0. The number of nitro groups is 1. The highest BCUT2D eigenvalue weighted by Crippen LogP contribution is 2.36. The number of rotatable bonds is 4. The minimum atomic E-state index is -1.01. The first-order valence-corrected chi connectivity index (χ1v) is 7.44. The Hall–Kier alpha value is -3.42. The van der Waals surface area contributed by atoms with Gasteiger partial charge in [0.1, 0.15) is 5.75 Å². The number of carbonyl (C=O) groups is 1. The van der Waals surface area contributed by atoms with Crippen molar-refractivity contribution in [1.29, 1.82) is 0 Å². The van der Waals surface area contributed by atoms with Gasteiger partial charge in [0.25, 0.3) is 5.69 Å². The second-order valence-corrected chi connectivity index (χ2v) is 5.26. The summed E-state index contributed by atoms with van der Waals surface area (Å²) < 4.78 is 11.1. The van der Waals surface area contributed by atoms with E-state index < -0.39 is 17.1 Å². The summed E-state index contributed by atoms with van der Waals surface area (Å²) in [4.78, 5) is 22.8. The molecule has 25 heavy (non-hydrogen) atoms. The maximum atomic E-state index is 12.0. The fourth-order valence-corrected chi connectivity index (χ4v) is 2.56. The van der Waals surface area contributed by atoms with E-state index in [2.05, 4.69) is 5.10 Å². The van der Waals surface area contributed by atoms with Crippen molar-refractivity contribution in [2.75, 3.05) is 7.11 Å². The highest BCUT2D eigenvalue weighted by atomic mass is 16.6. The topological polar surface area (TPSA) is 94.3 Å². The molecule has 8 heteroatoms. The second-order valence-electron chi connectivity index (χ2n) is 5.26. The smallest absolute Gasteiger partial charge is 0.278 e. The summed E-state index contributed by atoms with van der Waals surface area (Å²) in [5.74, 6) is 0.289. The maximum Gasteiger partial charge on any atom is 0.278 e. The number of amides is 1. The number of hydrogen-bond donors (Lipinski definition) is 0. The zero-order valence-electron chi connectivity index (χ0n) is 13.6. The van der Waals surface area contributed by atoms with Crippen LogP contribution >= 0.6 is 0 Å². The Morgan fingerprint density at radius 2 is 1.92 bits per heavy atom. The number of para-hydroxylation sites is 2. The number of nitro benzene ring substituents is 1. The summed E-state index contributed by atoms with van der Waals surface area (Å²) in [7, 11) is 1.51. The number of carbonyl (C=O) groups excluding carboxylic acids is 1. The molecular formula is C17H15N3O5. The number of ether oxygens (including phenoxy) is 2. The van der Waals surface area contributed by atoms with Crippen LogP contribution in [-0.4, -0.2) is 28.8 Å². The number of benzene rings is 2. The van der Waals surface area contributed by atoms with Crippen molar-refractivity contribution in [2.45, 2.75) is 13.2 Å². The molecule has 2 aromatic rings. The molecule has 8 nitrogen and oxygen atoms in total. The van der Waals surface area contributed by atoms with Crippen molar-refractivity contribution in [1.82, 2.24) is 5.01 Å². The van der Waals surface area contributed by atoms with E-state index in [1.165, 1.54) is 20.1 Å². The van der Waals surface area contributed by atoms with Gasteiger partial charge in [-0.1, -0.05) is 24.3 Å². The first kappa shape index (κ1) is 16.4. The van der Waals surface area contributed by atoms with Crippen molar-refractivity contribution >= 4 is 17.5 Å². The first-order valence-electron chi connectivity index (χ1n) is 7.44. The molecule has 0 bridgehead atoms. The van der Waals surface area contributed by atoms with Crippen LogP contribution in [0.4, 0.5) is 5.69 Å². The van der Waals surface area contributed by atoms with Crippen molar-refractivity contribution in [3.8, 4) is 5.75 Å².